The van der Waals surface area contributed by atoms with Gasteiger partial charge in [-0.05, 0) is 0 Å². The average Bonchev–Trinajstić information content (AvgIpc) is 2.23. The predicted octanol–water partition coefficient (Wildman–Crippen LogP) is -4.97. The molecule has 1 unspecified atom stereocenters. The third-order valence-corrected chi connectivity index (χ3v) is 2.54. The van der Waals surface area contributed by atoms with Gasteiger partial charge < -0.3 is 35.7 Å². The van der Waals surface area contributed by atoms with Crippen LogP contribution in [0.25, 0.3) is 0 Å². The van der Waals surface area contributed by atoms with E-state index in [0.717, 1.165) is 0 Å². The first-order valence-electron chi connectivity index (χ1n) is 4.31. The fourth-order valence-corrected chi connectivity index (χ4v) is 1.53. The number of hydrogen-bond acceptors (Lipinski definition) is 8. The van der Waals surface area contributed by atoms with Crippen LogP contribution >= 0.6 is 0 Å². The highest BCUT2D eigenvalue weighted by Crippen LogP contribution is 2.26. The molecular weight excluding hydrogens is 210 g/mol. The van der Waals surface area contributed by atoms with Crippen LogP contribution in [0.1, 0.15) is 0 Å². The molecule has 5 atom stereocenters. The summed E-state index contributed by atoms with van der Waals surface area (Å²) in [4.78, 5) is 0. The molecule has 0 spiro atoms. The van der Waals surface area contributed by atoms with Crippen molar-refractivity contribution in [2.45, 2.75) is 29.8 Å². The monoisotopic (exact) mass is 225 g/mol. The molecule has 0 aromatic carbocycles. The summed E-state index contributed by atoms with van der Waals surface area (Å²) in [6.45, 7) is -2.03. The van der Waals surface area contributed by atoms with Gasteiger partial charge in [0.2, 0.25) is 0 Å². The second-order valence-electron chi connectivity index (χ2n) is 3.67. The van der Waals surface area contributed by atoms with Crippen LogP contribution in [0.4, 0.5) is 0 Å². The van der Waals surface area contributed by atoms with Crippen molar-refractivity contribution >= 4 is 0 Å². The lowest BCUT2D eigenvalue weighted by atomic mass is 9.86. The molecule has 0 aliphatic carbocycles. The van der Waals surface area contributed by atoms with E-state index in [1.54, 1.807) is 0 Å². The normalized spacial score (nSPS) is 51.8. The van der Waals surface area contributed by atoms with Crippen LogP contribution in [-0.2, 0) is 0 Å². The fraction of sp³-hybridized carbons (Fsp3) is 1.00. The van der Waals surface area contributed by atoms with Gasteiger partial charge in [-0.2, -0.15) is 0 Å². The van der Waals surface area contributed by atoms with Gasteiger partial charge in [0.05, 0.1) is 13.2 Å². The molecule has 8 nitrogen and oxygen atoms in total. The van der Waals surface area contributed by atoms with E-state index in [4.69, 9.17) is 10.2 Å². The summed E-state index contributed by atoms with van der Waals surface area (Å²) in [6.07, 6.45) is -5.70. The molecule has 1 fully saturated rings. The third kappa shape index (κ3) is 1.86. The van der Waals surface area contributed by atoms with Gasteiger partial charge in [-0.3, -0.25) is 5.32 Å². The smallest absolute Gasteiger partial charge is 0.170 e. The highest BCUT2D eigenvalue weighted by molar-refractivity contribution is 5.05. The molecule has 0 aromatic rings. The molecule has 1 rings (SSSR count). The molecule has 1 aliphatic heterocycles. The summed E-state index contributed by atoms with van der Waals surface area (Å²) >= 11 is 0. The Kier molecular flexibility index (Phi) is 3.33. The van der Waals surface area contributed by atoms with Crippen LogP contribution in [0, 0.1) is 0 Å². The average molecular weight is 225 g/mol. The zero-order chi connectivity index (χ0) is 11.9. The topological polar surface area (TPSA) is 154 Å². The van der Waals surface area contributed by atoms with E-state index in [9.17, 15) is 25.5 Å². The molecule has 1 saturated heterocycles. The summed E-state index contributed by atoms with van der Waals surface area (Å²) < 4.78 is 0. The van der Waals surface area contributed by atoms with Crippen LogP contribution in [0.3, 0.4) is 0 Å². The van der Waals surface area contributed by atoms with Crippen molar-refractivity contribution in [2.75, 3.05) is 13.2 Å². The predicted molar refractivity (Wildman–Crippen MR) is 45.2 cm³/mol. The summed E-state index contributed by atoms with van der Waals surface area (Å²) in [6, 6.07) is 0. The number of aliphatic hydroxyl groups is 7. The molecule has 0 aromatic heterocycles. The van der Waals surface area contributed by atoms with Crippen LogP contribution in [0.15, 0.2) is 0 Å². The van der Waals surface area contributed by atoms with Gasteiger partial charge in [0.25, 0.3) is 0 Å². The van der Waals surface area contributed by atoms with E-state index >= 15 is 0 Å². The van der Waals surface area contributed by atoms with Gasteiger partial charge >= 0.3 is 0 Å². The highest BCUT2D eigenvalue weighted by atomic mass is 16.4. The number of rotatable bonds is 2. The Labute approximate surface area is 85.0 Å². The van der Waals surface area contributed by atoms with Gasteiger partial charge in [0, 0.05) is 0 Å². The minimum absolute atomic E-state index is 1.01. The highest BCUT2D eigenvalue weighted by Gasteiger charge is 2.57. The van der Waals surface area contributed by atoms with Crippen molar-refractivity contribution in [1.29, 1.82) is 0 Å². The molecular formula is C7H15NO7. The Hall–Kier alpha value is -0.320. The lowest BCUT2D eigenvalue weighted by Crippen LogP contribution is -2.80. The molecule has 0 amide bonds. The molecule has 0 saturated carbocycles. The van der Waals surface area contributed by atoms with Gasteiger partial charge in [-0.15, -0.1) is 0 Å². The standard InChI is InChI=1S/C7H15NO7/c9-1-6(14)4(12)3(11)5(13)7(15,2-10)8-6/h3-5,8-15H,1-2H2/t3?,4-,5-,6-,7+/m1/s1. The van der Waals surface area contributed by atoms with Crippen molar-refractivity contribution in [1.82, 2.24) is 5.32 Å². The van der Waals surface area contributed by atoms with E-state index in [-0.39, 0.29) is 0 Å². The second-order valence-corrected chi connectivity index (χ2v) is 3.67. The largest absolute Gasteiger partial charge is 0.392 e. The van der Waals surface area contributed by atoms with Gasteiger partial charge in [0.1, 0.15) is 18.3 Å². The van der Waals surface area contributed by atoms with E-state index in [1.807, 2.05) is 5.32 Å². The number of piperidine rings is 1. The maximum Gasteiger partial charge on any atom is 0.170 e. The minimum atomic E-state index is -2.39. The van der Waals surface area contributed by atoms with Crippen molar-refractivity contribution in [2.24, 2.45) is 0 Å². The van der Waals surface area contributed by atoms with Crippen molar-refractivity contribution in [3.8, 4) is 0 Å². The Bertz CT molecular complexity index is 217. The first-order valence-corrected chi connectivity index (χ1v) is 4.31. The van der Waals surface area contributed by atoms with Crippen molar-refractivity contribution in [3.63, 3.8) is 0 Å². The number of hydrogen-bond donors (Lipinski definition) is 8. The zero-order valence-electron chi connectivity index (χ0n) is 7.78. The first kappa shape index (κ1) is 12.7. The van der Waals surface area contributed by atoms with Crippen LogP contribution in [0.2, 0.25) is 0 Å². The Morgan fingerprint density at radius 2 is 1.20 bits per heavy atom. The molecule has 8 heteroatoms. The van der Waals surface area contributed by atoms with Crippen molar-refractivity contribution < 1.29 is 35.7 Å². The molecule has 8 N–H and O–H groups in total. The third-order valence-electron chi connectivity index (χ3n) is 2.54. The molecule has 0 radical (unpaired) electrons. The summed E-state index contributed by atoms with van der Waals surface area (Å²) in [5, 5.41) is 66.5. The minimum Gasteiger partial charge on any atom is -0.392 e. The fourth-order valence-electron chi connectivity index (χ4n) is 1.53. The molecule has 90 valence electrons. The Morgan fingerprint density at radius 3 is 1.47 bits per heavy atom. The maximum absolute atomic E-state index is 9.55. The van der Waals surface area contributed by atoms with Crippen LogP contribution < -0.4 is 5.32 Å². The molecule has 15 heavy (non-hydrogen) atoms. The molecule has 0 bridgehead atoms. The quantitative estimate of drug-likeness (QED) is 0.232. The summed E-state index contributed by atoms with van der Waals surface area (Å²) in [5.41, 5.74) is -4.79. The summed E-state index contributed by atoms with van der Waals surface area (Å²) in [5.74, 6) is 0. The van der Waals surface area contributed by atoms with Crippen molar-refractivity contribution in [3.05, 3.63) is 0 Å². The second kappa shape index (κ2) is 3.92. The van der Waals surface area contributed by atoms with Gasteiger partial charge in [-0.1, -0.05) is 0 Å². The van der Waals surface area contributed by atoms with Gasteiger partial charge in [0.15, 0.2) is 11.4 Å². The van der Waals surface area contributed by atoms with E-state index < -0.39 is 43.0 Å². The first-order chi connectivity index (χ1) is 6.80. The Balaban J connectivity index is 3.00. The lowest BCUT2D eigenvalue weighted by Gasteiger charge is -2.49. The SMILES string of the molecule is OC[C@@]1(O)N[C@@](O)(CO)[C@H](O)C(O)[C@H]1O. The van der Waals surface area contributed by atoms with Gasteiger partial charge in [-0.25, -0.2) is 0 Å². The summed E-state index contributed by atoms with van der Waals surface area (Å²) in [7, 11) is 0. The lowest BCUT2D eigenvalue weighted by molar-refractivity contribution is -0.289. The van der Waals surface area contributed by atoms with Crippen LogP contribution in [0.5, 0.6) is 0 Å². The Morgan fingerprint density at radius 1 is 0.867 bits per heavy atom. The maximum atomic E-state index is 9.55. The number of aliphatic hydroxyl groups excluding tert-OH is 5. The molecule has 1 heterocycles. The zero-order valence-corrected chi connectivity index (χ0v) is 7.78. The van der Waals surface area contributed by atoms with E-state index in [2.05, 4.69) is 0 Å². The van der Waals surface area contributed by atoms with Crippen LogP contribution in [-0.4, -0.2) is 78.7 Å². The molecule has 1 aliphatic rings. The van der Waals surface area contributed by atoms with E-state index in [0.29, 0.717) is 0 Å². The number of nitrogens with one attached hydrogen (secondary N) is 1. The van der Waals surface area contributed by atoms with E-state index in [1.165, 1.54) is 0 Å².